The maximum Gasteiger partial charge on any atom is 0.165 e. The number of hydrogen-bond acceptors (Lipinski definition) is 8. The zero-order valence-corrected chi connectivity index (χ0v) is 32.3. The third-order valence-electron chi connectivity index (χ3n) is 8.80. The van der Waals surface area contributed by atoms with Gasteiger partial charge in [0.05, 0.1) is 17.6 Å². The van der Waals surface area contributed by atoms with Gasteiger partial charge in [-0.05, 0) is 31.0 Å². The van der Waals surface area contributed by atoms with E-state index >= 15 is 0 Å². The first-order valence-electron chi connectivity index (χ1n) is 16.9. The summed E-state index contributed by atoms with van der Waals surface area (Å²) >= 11 is 0. The maximum atomic E-state index is 10.4. The van der Waals surface area contributed by atoms with Crippen LogP contribution in [0.25, 0.3) is 34.1 Å². The van der Waals surface area contributed by atoms with Gasteiger partial charge in [0.1, 0.15) is 19.3 Å². The van der Waals surface area contributed by atoms with Crippen LogP contribution in [0.4, 0.5) is 5.82 Å². The zero-order valence-electron chi connectivity index (χ0n) is 29.5. The summed E-state index contributed by atoms with van der Waals surface area (Å²) in [7, 11) is -5.13. The van der Waals surface area contributed by atoms with Crippen LogP contribution in [0.2, 0.25) is 51.4 Å². The topological polar surface area (TPSA) is 105 Å². The summed E-state index contributed by atoms with van der Waals surface area (Å²) in [5.41, 5.74) is 6.24. The Kier molecular flexibility index (Phi) is 11.7. The molecule has 260 valence electrons. The van der Waals surface area contributed by atoms with Crippen LogP contribution in [0, 0.1) is 0 Å². The van der Waals surface area contributed by atoms with Crippen molar-refractivity contribution in [1.29, 1.82) is 0 Å². The van der Waals surface area contributed by atoms with Crippen molar-refractivity contribution >= 4 is 44.3 Å². The zero-order chi connectivity index (χ0) is 34.5. The van der Waals surface area contributed by atoms with Crippen molar-refractivity contribution in [2.75, 3.05) is 43.1 Å². The quantitative estimate of drug-likeness (QED) is 0.0716. The Balaban J connectivity index is 1.59. The second kappa shape index (κ2) is 15.4. The molecule has 1 aromatic carbocycles. The van der Waals surface area contributed by atoms with Gasteiger partial charge >= 0.3 is 0 Å². The van der Waals surface area contributed by atoms with Gasteiger partial charge in [0.25, 0.3) is 0 Å². The van der Waals surface area contributed by atoms with Crippen LogP contribution >= 0.6 is 10.6 Å². The van der Waals surface area contributed by atoms with E-state index in [4.69, 9.17) is 24.5 Å². The third kappa shape index (κ3) is 9.43. The van der Waals surface area contributed by atoms with Gasteiger partial charge in [-0.2, -0.15) is 20.2 Å². The van der Waals surface area contributed by atoms with E-state index in [0.717, 1.165) is 51.5 Å². The number of ether oxygens (including phenoxy) is 2. The average molecular weight is 708 g/mol. The molecule has 9 nitrogen and oxygen atoms in total. The van der Waals surface area contributed by atoms with Crippen LogP contribution < -0.4 is 4.90 Å². The van der Waals surface area contributed by atoms with Gasteiger partial charge in [-0.3, -0.25) is 14.1 Å². The SMILES string of the molecule is C=Cc1c(C2CCS(O)(O)CC2)nc2c(-c3ccc(-c4ccccc4)nc3)cnn2c1N(COCC[Si](C)(C)C)COCC[Si](C)(C)C. The molecule has 1 aliphatic heterocycles. The highest BCUT2D eigenvalue weighted by molar-refractivity contribution is 8.24. The van der Waals surface area contributed by atoms with Crippen LogP contribution in [0.1, 0.15) is 30.0 Å². The van der Waals surface area contributed by atoms with Gasteiger partial charge in [0.15, 0.2) is 5.65 Å². The monoisotopic (exact) mass is 707 g/mol. The van der Waals surface area contributed by atoms with E-state index in [1.54, 1.807) is 0 Å². The molecule has 4 aromatic rings. The van der Waals surface area contributed by atoms with Crippen LogP contribution in [0.5, 0.6) is 0 Å². The predicted octanol–water partition coefficient (Wildman–Crippen LogP) is 9.16. The number of fused-ring (bicyclic) bond motifs is 1. The molecule has 48 heavy (non-hydrogen) atoms. The first kappa shape index (κ1) is 36.4. The lowest BCUT2D eigenvalue weighted by molar-refractivity contribution is 0.0942. The van der Waals surface area contributed by atoms with E-state index in [0.29, 0.717) is 56.7 Å². The summed E-state index contributed by atoms with van der Waals surface area (Å²) in [6, 6.07) is 16.4. The van der Waals surface area contributed by atoms with E-state index in [-0.39, 0.29) is 5.92 Å². The standard InChI is InChI=1S/C36H53N5O4SSi2/c1-8-31-34(29-16-20-46(42,43)21-17-29)39-35-32(30-14-15-33(37-24-30)28-12-10-9-11-13-28)25-38-41(35)36(31)40(26-44-18-22-47(2,3)4)27-45-19-23-48(5,6)7/h8-15,24-25,29,42-43H,1,16-23,26-27H2,2-7H3. The minimum Gasteiger partial charge on any atom is -0.361 e. The van der Waals surface area contributed by atoms with Crippen molar-refractivity contribution < 1.29 is 18.6 Å². The number of hydrogen-bond donors (Lipinski definition) is 2. The molecule has 0 bridgehead atoms. The Morgan fingerprint density at radius 1 is 0.896 bits per heavy atom. The maximum absolute atomic E-state index is 10.4. The Morgan fingerprint density at radius 3 is 2.06 bits per heavy atom. The average Bonchev–Trinajstić information content (AvgIpc) is 3.46. The van der Waals surface area contributed by atoms with Gasteiger partial charge in [-0.25, -0.2) is 4.98 Å². The first-order chi connectivity index (χ1) is 22.7. The molecule has 0 unspecified atom stereocenters. The number of aromatic nitrogens is 4. The number of nitrogens with zero attached hydrogens (tertiary/aromatic N) is 5. The Bertz CT molecular complexity index is 1640. The largest absolute Gasteiger partial charge is 0.361 e. The van der Waals surface area contributed by atoms with Crippen LogP contribution in [-0.2, 0) is 9.47 Å². The minimum atomic E-state index is -2.56. The minimum absolute atomic E-state index is 0.0467. The molecule has 4 heterocycles. The van der Waals surface area contributed by atoms with Crippen molar-refractivity contribution in [2.45, 2.75) is 70.1 Å². The molecule has 0 amide bonds. The predicted molar refractivity (Wildman–Crippen MR) is 207 cm³/mol. The fourth-order valence-electron chi connectivity index (χ4n) is 5.80. The van der Waals surface area contributed by atoms with Crippen molar-refractivity contribution in [3.8, 4) is 22.4 Å². The smallest absolute Gasteiger partial charge is 0.165 e. The Labute approximate surface area is 289 Å². The summed E-state index contributed by atoms with van der Waals surface area (Å²) in [6.07, 6.45) is 6.88. The van der Waals surface area contributed by atoms with E-state index < -0.39 is 26.7 Å². The van der Waals surface area contributed by atoms with Crippen molar-refractivity contribution in [1.82, 2.24) is 19.6 Å². The normalized spacial score (nSPS) is 16.2. The molecule has 12 heteroatoms. The third-order valence-corrected chi connectivity index (χ3v) is 14.0. The van der Waals surface area contributed by atoms with Crippen LogP contribution in [0.3, 0.4) is 0 Å². The van der Waals surface area contributed by atoms with E-state index in [9.17, 15) is 9.11 Å². The molecule has 2 N–H and O–H groups in total. The number of pyridine rings is 1. The summed E-state index contributed by atoms with van der Waals surface area (Å²) < 4.78 is 35.5. The van der Waals surface area contributed by atoms with Crippen LogP contribution in [-0.4, -0.2) is 83.0 Å². The summed E-state index contributed by atoms with van der Waals surface area (Å²) in [5.74, 6) is 1.61. The molecule has 3 aromatic heterocycles. The van der Waals surface area contributed by atoms with Crippen molar-refractivity contribution in [2.24, 2.45) is 0 Å². The second-order valence-corrected chi connectivity index (χ2v) is 28.9. The highest BCUT2D eigenvalue weighted by atomic mass is 32.3. The number of rotatable bonds is 15. The fraction of sp³-hybridized carbons (Fsp3) is 0.472. The molecule has 0 aliphatic carbocycles. The molecule has 5 rings (SSSR count). The van der Waals surface area contributed by atoms with E-state index in [2.05, 4.69) is 69.0 Å². The van der Waals surface area contributed by atoms with E-state index in [1.807, 2.05) is 47.3 Å². The van der Waals surface area contributed by atoms with Crippen LogP contribution in [0.15, 0.2) is 61.4 Å². The lowest BCUT2D eigenvalue weighted by Crippen LogP contribution is -2.34. The molecule has 1 saturated heterocycles. The van der Waals surface area contributed by atoms with Gasteiger partial charge in [0, 0.05) is 75.2 Å². The number of anilines is 1. The lowest BCUT2D eigenvalue weighted by atomic mass is 9.94. The Morgan fingerprint density at radius 2 is 1.52 bits per heavy atom. The molecule has 0 radical (unpaired) electrons. The molecular formula is C36H53N5O4SSi2. The van der Waals surface area contributed by atoms with Crippen molar-refractivity contribution in [3.63, 3.8) is 0 Å². The molecule has 0 spiro atoms. The van der Waals surface area contributed by atoms with E-state index in [1.165, 1.54) is 0 Å². The van der Waals surface area contributed by atoms with Crippen molar-refractivity contribution in [3.05, 3.63) is 72.7 Å². The second-order valence-electron chi connectivity index (χ2n) is 15.3. The lowest BCUT2D eigenvalue weighted by Gasteiger charge is -2.39. The fourth-order valence-corrected chi connectivity index (χ4v) is 8.84. The molecule has 1 fully saturated rings. The highest BCUT2D eigenvalue weighted by Crippen LogP contribution is 2.49. The van der Waals surface area contributed by atoms with Gasteiger partial charge < -0.3 is 14.4 Å². The molecule has 1 aliphatic rings. The first-order valence-corrected chi connectivity index (χ1v) is 26.2. The summed E-state index contributed by atoms with van der Waals surface area (Å²) in [4.78, 5) is 12.2. The molecular weight excluding hydrogens is 655 g/mol. The molecule has 0 saturated carbocycles. The van der Waals surface area contributed by atoms with Gasteiger partial charge in [0.2, 0.25) is 0 Å². The Hall–Kier alpha value is -2.85. The number of benzene rings is 1. The summed E-state index contributed by atoms with van der Waals surface area (Å²) in [5, 5.41) is 4.91. The van der Waals surface area contributed by atoms with Gasteiger partial charge in [-0.15, -0.1) is 0 Å². The molecule has 0 atom stereocenters. The highest BCUT2D eigenvalue weighted by Gasteiger charge is 2.31. The van der Waals surface area contributed by atoms with Gasteiger partial charge in [-0.1, -0.05) is 88.3 Å². The summed E-state index contributed by atoms with van der Waals surface area (Å²) in [6.45, 7) is 20.4.